The van der Waals surface area contributed by atoms with Gasteiger partial charge in [0.25, 0.3) is 10.2 Å². The van der Waals surface area contributed by atoms with Gasteiger partial charge in [-0.25, -0.2) is 0 Å². The van der Waals surface area contributed by atoms with E-state index in [0.717, 1.165) is 24.2 Å². The van der Waals surface area contributed by atoms with Crippen molar-refractivity contribution in [2.75, 3.05) is 19.7 Å². The Balaban J connectivity index is 1.96. The summed E-state index contributed by atoms with van der Waals surface area (Å²) < 4.78 is 27.9. The molecule has 0 aliphatic carbocycles. The molecule has 108 valence electrons. The van der Waals surface area contributed by atoms with Gasteiger partial charge in [-0.05, 0) is 18.8 Å². The van der Waals surface area contributed by atoms with Crippen LogP contribution in [0, 0.1) is 5.92 Å². The third kappa shape index (κ3) is 3.86. The third-order valence-electron chi connectivity index (χ3n) is 3.10. The Hall–Kier alpha value is -0.740. The van der Waals surface area contributed by atoms with E-state index in [0.29, 0.717) is 18.8 Å². The van der Waals surface area contributed by atoms with E-state index >= 15 is 0 Å². The Morgan fingerprint density at radius 1 is 1.58 bits per heavy atom. The van der Waals surface area contributed by atoms with Gasteiger partial charge in [0.1, 0.15) is 0 Å². The van der Waals surface area contributed by atoms with E-state index in [-0.39, 0.29) is 23.9 Å². The zero-order valence-corrected chi connectivity index (χ0v) is 12.0. The predicted molar refractivity (Wildman–Crippen MR) is 72.1 cm³/mol. The van der Waals surface area contributed by atoms with Gasteiger partial charge in [0.15, 0.2) is 0 Å². The Morgan fingerprint density at radius 3 is 3.00 bits per heavy atom. The largest absolute Gasteiger partial charge is 0.396 e. The van der Waals surface area contributed by atoms with Gasteiger partial charge in [-0.15, -0.1) is 0 Å². The van der Waals surface area contributed by atoms with Crippen LogP contribution in [-0.4, -0.2) is 42.5 Å². The lowest BCUT2D eigenvalue weighted by molar-refractivity contribution is 0.164. The monoisotopic (exact) mass is 307 g/mol. The molecule has 9 heteroatoms. The summed E-state index contributed by atoms with van der Waals surface area (Å²) in [6, 6.07) is 0. The summed E-state index contributed by atoms with van der Waals surface area (Å²) in [5.41, 5.74) is 0.550. The maximum Gasteiger partial charge on any atom is 0.304 e. The molecule has 19 heavy (non-hydrogen) atoms. The number of rotatable bonds is 5. The zero-order chi connectivity index (χ0) is 13.9. The Bertz CT molecular complexity index is 565. The van der Waals surface area contributed by atoms with Gasteiger partial charge < -0.3 is 10.1 Å². The van der Waals surface area contributed by atoms with Crippen molar-refractivity contribution < 1.29 is 13.5 Å². The second-order valence-corrected chi connectivity index (χ2v) is 7.15. The zero-order valence-electron chi connectivity index (χ0n) is 10.3. The number of thiazole rings is 1. The molecule has 7 nitrogen and oxygen atoms in total. The first-order chi connectivity index (χ1) is 9.01. The standard InChI is InChI=1S/C10H17N3O4S2/c14-6-8-2-1-3-13(5-8)19(16,17)11-4-9-7-18-10(15)12-9/h7-8,11,14H,1-6H2,(H,12,15). The second kappa shape index (κ2) is 6.14. The van der Waals surface area contributed by atoms with E-state index in [1.165, 1.54) is 4.31 Å². The van der Waals surface area contributed by atoms with E-state index in [1.807, 2.05) is 0 Å². The minimum Gasteiger partial charge on any atom is -0.396 e. The number of aromatic amines is 1. The number of nitrogens with one attached hydrogen (secondary N) is 2. The van der Waals surface area contributed by atoms with E-state index < -0.39 is 10.2 Å². The Labute approximate surface area is 115 Å². The summed E-state index contributed by atoms with van der Waals surface area (Å²) in [5, 5.41) is 10.7. The molecule has 0 bridgehead atoms. The van der Waals surface area contributed by atoms with Crippen LogP contribution in [0.2, 0.25) is 0 Å². The number of aromatic nitrogens is 1. The third-order valence-corrected chi connectivity index (χ3v) is 5.33. The number of hydrogen-bond acceptors (Lipinski definition) is 5. The van der Waals surface area contributed by atoms with Crippen LogP contribution in [-0.2, 0) is 16.8 Å². The van der Waals surface area contributed by atoms with Crippen molar-refractivity contribution in [1.82, 2.24) is 14.0 Å². The molecule has 0 amide bonds. The minimum absolute atomic E-state index is 0.00384. The molecule has 1 unspecified atom stereocenters. The molecular weight excluding hydrogens is 290 g/mol. The van der Waals surface area contributed by atoms with Crippen LogP contribution in [0.15, 0.2) is 10.2 Å². The normalized spacial score (nSPS) is 21.6. The molecule has 1 fully saturated rings. The van der Waals surface area contributed by atoms with Gasteiger partial charge >= 0.3 is 4.87 Å². The minimum atomic E-state index is -3.56. The molecule has 1 atom stereocenters. The fraction of sp³-hybridized carbons (Fsp3) is 0.700. The van der Waals surface area contributed by atoms with Crippen molar-refractivity contribution in [3.05, 3.63) is 20.7 Å². The molecule has 1 aliphatic rings. The number of hydrogen-bond donors (Lipinski definition) is 3. The molecule has 1 saturated heterocycles. The molecule has 1 aliphatic heterocycles. The number of H-pyrrole nitrogens is 1. The first-order valence-electron chi connectivity index (χ1n) is 6.03. The van der Waals surface area contributed by atoms with Gasteiger partial charge in [-0.2, -0.15) is 17.4 Å². The lowest BCUT2D eigenvalue weighted by Gasteiger charge is -2.30. The van der Waals surface area contributed by atoms with E-state index in [9.17, 15) is 13.2 Å². The van der Waals surface area contributed by atoms with E-state index in [2.05, 4.69) is 9.71 Å². The smallest absolute Gasteiger partial charge is 0.304 e. The lowest BCUT2D eigenvalue weighted by atomic mass is 10.0. The van der Waals surface area contributed by atoms with Crippen LogP contribution in [0.25, 0.3) is 0 Å². The van der Waals surface area contributed by atoms with Crippen LogP contribution in [0.4, 0.5) is 0 Å². The van der Waals surface area contributed by atoms with Crippen LogP contribution < -0.4 is 9.60 Å². The van der Waals surface area contributed by atoms with Gasteiger partial charge in [-0.3, -0.25) is 4.79 Å². The quantitative estimate of drug-likeness (QED) is 0.681. The number of piperidine rings is 1. The van der Waals surface area contributed by atoms with Gasteiger partial charge in [-0.1, -0.05) is 11.3 Å². The van der Waals surface area contributed by atoms with Crippen molar-refractivity contribution in [2.45, 2.75) is 19.4 Å². The van der Waals surface area contributed by atoms with Gasteiger partial charge in [0, 0.05) is 30.8 Å². The first kappa shape index (κ1) is 14.7. The summed E-state index contributed by atoms with van der Waals surface area (Å²) in [4.78, 5) is 13.3. The van der Waals surface area contributed by atoms with Crippen molar-refractivity contribution in [2.24, 2.45) is 5.92 Å². The fourth-order valence-corrected chi connectivity index (χ4v) is 3.93. The molecule has 2 rings (SSSR count). The van der Waals surface area contributed by atoms with Crippen LogP contribution >= 0.6 is 11.3 Å². The summed E-state index contributed by atoms with van der Waals surface area (Å²) in [7, 11) is -3.56. The van der Waals surface area contributed by atoms with E-state index in [1.54, 1.807) is 5.38 Å². The van der Waals surface area contributed by atoms with Crippen LogP contribution in [0.5, 0.6) is 0 Å². The summed E-state index contributed by atoms with van der Waals surface area (Å²) in [5.74, 6) is 0.00581. The SMILES string of the molecule is O=c1[nH]c(CNS(=O)(=O)N2CCCC(CO)C2)cs1. The molecule has 0 aromatic carbocycles. The number of nitrogens with zero attached hydrogens (tertiary/aromatic N) is 1. The molecule has 0 saturated carbocycles. The number of aliphatic hydroxyl groups is 1. The van der Waals surface area contributed by atoms with Crippen LogP contribution in [0.1, 0.15) is 18.5 Å². The van der Waals surface area contributed by atoms with E-state index in [4.69, 9.17) is 5.11 Å². The highest BCUT2D eigenvalue weighted by atomic mass is 32.2. The molecular formula is C10H17N3O4S2. The molecule has 1 aromatic rings. The van der Waals surface area contributed by atoms with Crippen LogP contribution in [0.3, 0.4) is 0 Å². The highest BCUT2D eigenvalue weighted by Gasteiger charge is 2.28. The van der Waals surface area contributed by atoms with Crippen molar-refractivity contribution >= 4 is 21.5 Å². The maximum atomic E-state index is 12.1. The van der Waals surface area contributed by atoms with Crippen molar-refractivity contribution in [3.8, 4) is 0 Å². The molecule has 2 heterocycles. The summed E-state index contributed by atoms with van der Waals surface area (Å²) in [6.45, 7) is 0.878. The lowest BCUT2D eigenvalue weighted by Crippen LogP contribution is -2.46. The highest BCUT2D eigenvalue weighted by Crippen LogP contribution is 2.18. The Kier molecular flexibility index (Phi) is 4.74. The molecule has 3 N–H and O–H groups in total. The van der Waals surface area contributed by atoms with Gasteiger partial charge in [0.2, 0.25) is 0 Å². The Morgan fingerprint density at radius 2 is 2.37 bits per heavy atom. The average molecular weight is 307 g/mol. The topological polar surface area (TPSA) is 102 Å². The van der Waals surface area contributed by atoms with Gasteiger partial charge in [0.05, 0.1) is 6.54 Å². The molecule has 0 spiro atoms. The van der Waals surface area contributed by atoms with Crippen molar-refractivity contribution in [3.63, 3.8) is 0 Å². The fourth-order valence-electron chi connectivity index (χ4n) is 2.05. The maximum absolute atomic E-state index is 12.1. The molecule has 1 aromatic heterocycles. The second-order valence-electron chi connectivity index (χ2n) is 4.55. The average Bonchev–Trinajstić information content (AvgIpc) is 2.82. The number of aliphatic hydroxyl groups excluding tert-OH is 1. The summed E-state index contributed by atoms with van der Waals surface area (Å²) in [6.07, 6.45) is 1.60. The predicted octanol–water partition coefficient (Wildman–Crippen LogP) is -0.525. The van der Waals surface area contributed by atoms with Crippen molar-refractivity contribution in [1.29, 1.82) is 0 Å². The first-order valence-corrected chi connectivity index (χ1v) is 8.35. The summed E-state index contributed by atoms with van der Waals surface area (Å²) >= 11 is 1.00. The molecule has 0 radical (unpaired) electrons. The highest BCUT2D eigenvalue weighted by molar-refractivity contribution is 7.87.